The van der Waals surface area contributed by atoms with Crippen molar-refractivity contribution < 1.29 is 5.11 Å². The van der Waals surface area contributed by atoms with Crippen LogP contribution in [0.25, 0.3) is 0 Å². The molecule has 1 aromatic heterocycles. The van der Waals surface area contributed by atoms with Crippen LogP contribution in [-0.2, 0) is 12.8 Å². The van der Waals surface area contributed by atoms with Crippen molar-refractivity contribution >= 4 is 11.3 Å². The third kappa shape index (κ3) is 2.91. The zero-order valence-corrected chi connectivity index (χ0v) is 8.23. The molecule has 2 nitrogen and oxygen atoms in total. The Labute approximate surface area is 77.3 Å². The summed E-state index contributed by atoms with van der Waals surface area (Å²) in [5, 5.41) is 11.9. The average Bonchev–Trinajstić information content (AvgIpc) is 2.50. The number of aryl methyl sites for hydroxylation is 1. The van der Waals surface area contributed by atoms with Gasteiger partial charge in [-0.2, -0.15) is 0 Å². The minimum atomic E-state index is 0.205. The number of thiazole rings is 1. The summed E-state index contributed by atoms with van der Waals surface area (Å²) in [5.74, 6) is 0. The summed E-state index contributed by atoms with van der Waals surface area (Å²) in [6.07, 6.45) is 4.22. The molecule has 1 N–H and O–H groups in total. The Morgan fingerprint density at radius 2 is 2.33 bits per heavy atom. The van der Waals surface area contributed by atoms with Crippen molar-refractivity contribution in [2.45, 2.75) is 32.6 Å². The van der Waals surface area contributed by atoms with Crippen LogP contribution in [0.3, 0.4) is 0 Å². The molecule has 12 heavy (non-hydrogen) atoms. The molecule has 0 aliphatic rings. The van der Waals surface area contributed by atoms with Crippen LogP contribution >= 0.6 is 11.3 Å². The van der Waals surface area contributed by atoms with Crippen LogP contribution in [0, 0.1) is 0 Å². The molecule has 68 valence electrons. The highest BCUT2D eigenvalue weighted by Crippen LogP contribution is 2.12. The lowest BCUT2D eigenvalue weighted by Gasteiger charge is -1.91. The summed E-state index contributed by atoms with van der Waals surface area (Å²) in [7, 11) is 0. The van der Waals surface area contributed by atoms with Crippen LogP contribution in [0.15, 0.2) is 5.38 Å². The van der Waals surface area contributed by atoms with Crippen LogP contribution in [-0.4, -0.2) is 16.7 Å². The predicted molar refractivity (Wildman–Crippen MR) is 51.5 cm³/mol. The number of aromatic nitrogens is 1. The molecule has 0 saturated heterocycles. The molecule has 0 amide bonds. The van der Waals surface area contributed by atoms with E-state index >= 15 is 0 Å². The molecule has 0 unspecified atom stereocenters. The van der Waals surface area contributed by atoms with Crippen molar-refractivity contribution in [3.8, 4) is 0 Å². The van der Waals surface area contributed by atoms with E-state index < -0.39 is 0 Å². The zero-order valence-electron chi connectivity index (χ0n) is 7.42. The van der Waals surface area contributed by atoms with Crippen molar-refractivity contribution in [2.24, 2.45) is 0 Å². The van der Waals surface area contributed by atoms with E-state index in [0.717, 1.165) is 12.1 Å². The molecule has 0 spiro atoms. The van der Waals surface area contributed by atoms with Crippen molar-refractivity contribution in [1.29, 1.82) is 0 Å². The molecule has 1 rings (SSSR count). The van der Waals surface area contributed by atoms with Crippen LogP contribution in [0.1, 0.15) is 30.5 Å². The number of nitrogens with zero attached hydrogens (tertiary/aromatic N) is 1. The third-order valence-corrected chi connectivity index (χ3v) is 2.67. The Balaban J connectivity index is 2.41. The molecule has 0 saturated carbocycles. The van der Waals surface area contributed by atoms with Gasteiger partial charge in [-0.25, -0.2) is 4.98 Å². The summed E-state index contributed by atoms with van der Waals surface area (Å²) in [6.45, 7) is 2.39. The van der Waals surface area contributed by atoms with Gasteiger partial charge in [0.1, 0.15) is 0 Å². The largest absolute Gasteiger partial charge is 0.396 e. The molecule has 0 bridgehead atoms. The summed E-state index contributed by atoms with van der Waals surface area (Å²) in [5.41, 5.74) is 1.04. The maximum Gasteiger partial charge on any atom is 0.0928 e. The van der Waals surface area contributed by atoms with Crippen molar-refractivity contribution in [1.82, 2.24) is 4.98 Å². The SMILES string of the molecule is CCCCc1nc(CCO)cs1. The number of rotatable bonds is 5. The summed E-state index contributed by atoms with van der Waals surface area (Å²) < 4.78 is 0. The summed E-state index contributed by atoms with van der Waals surface area (Å²) in [4.78, 5) is 4.40. The van der Waals surface area contributed by atoms with Gasteiger partial charge in [0.2, 0.25) is 0 Å². The summed E-state index contributed by atoms with van der Waals surface area (Å²) in [6, 6.07) is 0. The van der Waals surface area contributed by atoms with Gasteiger partial charge in [0.25, 0.3) is 0 Å². The molecule has 0 aromatic carbocycles. The van der Waals surface area contributed by atoms with Gasteiger partial charge in [-0.05, 0) is 12.8 Å². The predicted octanol–water partition coefficient (Wildman–Crippen LogP) is 2.02. The zero-order chi connectivity index (χ0) is 8.81. The standard InChI is InChI=1S/C9H15NOS/c1-2-3-4-9-10-8(5-6-11)7-12-9/h7,11H,2-6H2,1H3. The first-order valence-electron chi connectivity index (χ1n) is 4.41. The highest BCUT2D eigenvalue weighted by molar-refractivity contribution is 7.09. The van der Waals surface area contributed by atoms with E-state index in [-0.39, 0.29) is 6.61 Å². The molecule has 0 aliphatic carbocycles. The van der Waals surface area contributed by atoms with E-state index in [1.54, 1.807) is 11.3 Å². The van der Waals surface area contributed by atoms with Crippen LogP contribution < -0.4 is 0 Å². The minimum absolute atomic E-state index is 0.205. The topological polar surface area (TPSA) is 33.1 Å². The fraction of sp³-hybridized carbons (Fsp3) is 0.667. The average molecular weight is 185 g/mol. The fourth-order valence-electron chi connectivity index (χ4n) is 1.02. The number of hydrogen-bond acceptors (Lipinski definition) is 3. The van der Waals surface area contributed by atoms with Gasteiger partial charge in [-0.15, -0.1) is 11.3 Å². The highest BCUT2D eigenvalue weighted by Gasteiger charge is 1.99. The fourth-order valence-corrected chi connectivity index (χ4v) is 1.90. The second-order valence-corrected chi connectivity index (χ2v) is 3.75. The van der Waals surface area contributed by atoms with Crippen molar-refractivity contribution in [2.75, 3.05) is 6.61 Å². The van der Waals surface area contributed by atoms with E-state index in [4.69, 9.17) is 5.11 Å². The molecule has 0 radical (unpaired) electrons. The van der Waals surface area contributed by atoms with Gasteiger partial charge in [-0.3, -0.25) is 0 Å². The van der Waals surface area contributed by atoms with Crippen molar-refractivity contribution in [3.63, 3.8) is 0 Å². The molecule has 3 heteroatoms. The maximum absolute atomic E-state index is 8.67. The lowest BCUT2D eigenvalue weighted by molar-refractivity contribution is 0.298. The molecule has 0 atom stereocenters. The molecule has 1 aromatic rings. The molecular weight excluding hydrogens is 170 g/mol. The number of aliphatic hydroxyl groups excluding tert-OH is 1. The normalized spacial score (nSPS) is 10.5. The van der Waals surface area contributed by atoms with E-state index in [2.05, 4.69) is 11.9 Å². The Kier molecular flexibility index (Phi) is 4.25. The van der Waals surface area contributed by atoms with Gasteiger partial charge in [0.05, 0.1) is 10.7 Å². The van der Waals surface area contributed by atoms with Crippen LogP contribution in [0.5, 0.6) is 0 Å². The van der Waals surface area contributed by atoms with E-state index in [9.17, 15) is 0 Å². The van der Waals surface area contributed by atoms with E-state index in [1.165, 1.54) is 17.8 Å². The maximum atomic E-state index is 8.67. The Morgan fingerprint density at radius 1 is 1.50 bits per heavy atom. The van der Waals surface area contributed by atoms with Gasteiger partial charge in [0.15, 0.2) is 0 Å². The third-order valence-electron chi connectivity index (χ3n) is 1.71. The second-order valence-electron chi connectivity index (χ2n) is 2.81. The first kappa shape index (κ1) is 9.68. The monoisotopic (exact) mass is 185 g/mol. The molecule has 0 fully saturated rings. The second kappa shape index (κ2) is 5.27. The summed E-state index contributed by atoms with van der Waals surface area (Å²) >= 11 is 1.71. The van der Waals surface area contributed by atoms with Crippen LogP contribution in [0.2, 0.25) is 0 Å². The van der Waals surface area contributed by atoms with Gasteiger partial charge < -0.3 is 5.11 Å². The van der Waals surface area contributed by atoms with E-state index in [0.29, 0.717) is 6.42 Å². The van der Waals surface area contributed by atoms with Gasteiger partial charge in [0, 0.05) is 18.4 Å². The lowest BCUT2D eigenvalue weighted by atomic mass is 10.2. The van der Waals surface area contributed by atoms with Gasteiger partial charge >= 0.3 is 0 Å². The number of aliphatic hydroxyl groups is 1. The van der Waals surface area contributed by atoms with Crippen LogP contribution in [0.4, 0.5) is 0 Å². The number of unbranched alkanes of at least 4 members (excludes halogenated alkanes) is 1. The minimum Gasteiger partial charge on any atom is -0.396 e. The highest BCUT2D eigenvalue weighted by atomic mass is 32.1. The molecular formula is C9H15NOS. The Morgan fingerprint density at radius 3 is 3.00 bits per heavy atom. The quantitative estimate of drug-likeness (QED) is 0.761. The lowest BCUT2D eigenvalue weighted by Crippen LogP contribution is -1.91. The Hall–Kier alpha value is -0.410. The first-order chi connectivity index (χ1) is 5.86. The Bertz CT molecular complexity index is 222. The van der Waals surface area contributed by atoms with Crippen molar-refractivity contribution in [3.05, 3.63) is 16.1 Å². The number of hydrogen-bond donors (Lipinski definition) is 1. The molecule has 1 heterocycles. The first-order valence-corrected chi connectivity index (χ1v) is 5.29. The van der Waals surface area contributed by atoms with Gasteiger partial charge in [-0.1, -0.05) is 13.3 Å². The molecule has 0 aliphatic heterocycles. The van der Waals surface area contributed by atoms with E-state index in [1.807, 2.05) is 5.38 Å². The smallest absolute Gasteiger partial charge is 0.0928 e.